The molecule has 32 heavy (non-hydrogen) atoms. The lowest BCUT2D eigenvalue weighted by atomic mass is 10.2. The molecule has 1 aliphatic heterocycles. The first-order valence-corrected chi connectivity index (χ1v) is 11.7. The smallest absolute Gasteiger partial charge is 0.262 e. The van der Waals surface area contributed by atoms with Crippen LogP contribution >= 0.6 is 0 Å². The Balaban J connectivity index is 1.46. The molecule has 3 aromatic rings. The second kappa shape index (κ2) is 8.91. The highest BCUT2D eigenvalue weighted by molar-refractivity contribution is 7.92. The fraction of sp³-hybridized carbons (Fsp3) is 0.273. The van der Waals surface area contributed by atoms with Crippen molar-refractivity contribution in [1.82, 2.24) is 9.78 Å². The van der Waals surface area contributed by atoms with E-state index in [-0.39, 0.29) is 16.8 Å². The lowest BCUT2D eigenvalue weighted by Gasteiger charge is -2.13. The van der Waals surface area contributed by atoms with Crippen LogP contribution in [0.15, 0.2) is 59.6 Å². The number of hydrogen-bond acceptors (Lipinski definition) is 6. The number of nitrogens with zero attached hydrogens (tertiary/aromatic N) is 2. The second-order valence-corrected chi connectivity index (χ2v) is 9.23. The molecule has 0 bridgehead atoms. The van der Waals surface area contributed by atoms with Crippen LogP contribution in [0, 0.1) is 0 Å². The van der Waals surface area contributed by atoms with E-state index < -0.39 is 10.0 Å². The molecule has 2 N–H and O–H groups in total. The lowest BCUT2D eigenvalue weighted by Crippen LogP contribution is -2.17. The average molecular weight is 457 g/mol. The van der Waals surface area contributed by atoms with E-state index in [9.17, 15) is 13.2 Å². The van der Waals surface area contributed by atoms with Crippen molar-refractivity contribution in [1.29, 1.82) is 0 Å². The Morgan fingerprint density at radius 3 is 2.47 bits per heavy atom. The Bertz CT molecular complexity index is 1220. The van der Waals surface area contributed by atoms with Gasteiger partial charge in [0.1, 0.15) is 5.82 Å². The van der Waals surface area contributed by atoms with Gasteiger partial charge in [-0.3, -0.25) is 9.52 Å². The minimum Gasteiger partial charge on any atom is -0.490 e. The highest BCUT2D eigenvalue weighted by Gasteiger charge is 2.19. The predicted molar refractivity (Wildman–Crippen MR) is 120 cm³/mol. The summed E-state index contributed by atoms with van der Waals surface area (Å²) in [6.07, 6.45) is 2.35. The van der Waals surface area contributed by atoms with Gasteiger partial charge in [0.2, 0.25) is 0 Å². The molecule has 1 amide bonds. The maximum atomic E-state index is 12.8. The number of benzene rings is 2. The predicted octanol–water partition coefficient (Wildman–Crippen LogP) is 3.68. The molecule has 2 heterocycles. The van der Waals surface area contributed by atoms with Crippen molar-refractivity contribution in [3.8, 4) is 11.5 Å². The summed E-state index contributed by atoms with van der Waals surface area (Å²) in [6, 6.07) is 12.5. The number of fused-ring (bicyclic) bond motifs is 1. The number of carbonyl (C=O) groups is 1. The van der Waals surface area contributed by atoms with Crippen LogP contribution in [0.5, 0.6) is 11.5 Å². The van der Waals surface area contributed by atoms with E-state index in [4.69, 9.17) is 9.47 Å². The van der Waals surface area contributed by atoms with Crippen molar-refractivity contribution in [2.24, 2.45) is 0 Å². The number of anilines is 2. The Kier molecular flexibility index (Phi) is 6.04. The van der Waals surface area contributed by atoms with Crippen LogP contribution in [0.2, 0.25) is 0 Å². The van der Waals surface area contributed by atoms with Gasteiger partial charge < -0.3 is 14.8 Å². The molecule has 0 spiro atoms. The van der Waals surface area contributed by atoms with E-state index >= 15 is 0 Å². The molecule has 168 valence electrons. The van der Waals surface area contributed by atoms with Crippen LogP contribution in [-0.2, 0) is 10.0 Å². The topological polar surface area (TPSA) is 112 Å². The zero-order valence-electron chi connectivity index (χ0n) is 17.7. The van der Waals surface area contributed by atoms with E-state index in [2.05, 4.69) is 15.1 Å². The summed E-state index contributed by atoms with van der Waals surface area (Å²) in [7, 11) is -3.85. The third-order valence-electron chi connectivity index (χ3n) is 4.83. The number of sulfonamides is 1. The summed E-state index contributed by atoms with van der Waals surface area (Å²) in [6.45, 7) is 4.92. The minimum atomic E-state index is -3.85. The standard InChI is InChI=1S/C22H24N4O5S/c1-15(2)26-21(10-11-23-26)24-22(27)16-4-6-17(7-5-16)25-32(28,29)18-8-9-19-20(14-18)31-13-3-12-30-19/h4-11,14-15,25H,3,12-13H2,1-2H3,(H,24,27). The molecule has 10 heteroatoms. The summed E-state index contributed by atoms with van der Waals surface area (Å²) in [5.74, 6) is 1.20. The van der Waals surface area contributed by atoms with Gasteiger partial charge in [-0.2, -0.15) is 5.10 Å². The fourth-order valence-corrected chi connectivity index (χ4v) is 4.30. The van der Waals surface area contributed by atoms with Gasteiger partial charge in [-0.1, -0.05) is 0 Å². The Morgan fingerprint density at radius 1 is 1.03 bits per heavy atom. The SMILES string of the molecule is CC(C)n1nccc1NC(=O)c1ccc(NS(=O)(=O)c2ccc3c(c2)OCCCO3)cc1. The number of carbonyl (C=O) groups excluding carboxylic acids is 1. The average Bonchev–Trinajstić information content (AvgIpc) is 3.09. The molecule has 0 atom stereocenters. The maximum Gasteiger partial charge on any atom is 0.262 e. The van der Waals surface area contributed by atoms with Gasteiger partial charge in [0.25, 0.3) is 15.9 Å². The quantitative estimate of drug-likeness (QED) is 0.585. The third kappa shape index (κ3) is 4.70. The summed E-state index contributed by atoms with van der Waals surface area (Å²) in [5.41, 5.74) is 0.723. The van der Waals surface area contributed by atoms with Crippen LogP contribution in [0.4, 0.5) is 11.5 Å². The zero-order valence-corrected chi connectivity index (χ0v) is 18.6. The van der Waals surface area contributed by atoms with Crippen molar-refractivity contribution in [3.63, 3.8) is 0 Å². The van der Waals surface area contributed by atoms with Gasteiger partial charge in [-0.05, 0) is 50.2 Å². The molecule has 0 aliphatic carbocycles. The van der Waals surface area contributed by atoms with E-state index in [1.54, 1.807) is 35.1 Å². The first-order chi connectivity index (χ1) is 15.3. The van der Waals surface area contributed by atoms with Crippen molar-refractivity contribution >= 4 is 27.4 Å². The molecule has 1 aliphatic rings. The normalized spacial score (nSPS) is 13.5. The highest BCUT2D eigenvalue weighted by atomic mass is 32.2. The molecular formula is C22H24N4O5S. The lowest BCUT2D eigenvalue weighted by molar-refractivity contribution is 0.102. The first kappa shape index (κ1) is 21.7. The Hall–Kier alpha value is -3.53. The van der Waals surface area contributed by atoms with Gasteiger partial charge >= 0.3 is 0 Å². The van der Waals surface area contributed by atoms with E-state index in [1.807, 2.05) is 13.8 Å². The van der Waals surface area contributed by atoms with Crippen molar-refractivity contribution < 1.29 is 22.7 Å². The molecule has 0 saturated heterocycles. The summed E-state index contributed by atoms with van der Waals surface area (Å²) < 4.78 is 41.0. The minimum absolute atomic E-state index is 0.0607. The van der Waals surface area contributed by atoms with E-state index in [0.717, 1.165) is 6.42 Å². The molecular weight excluding hydrogens is 432 g/mol. The summed E-state index contributed by atoms with van der Waals surface area (Å²) >= 11 is 0. The van der Waals surface area contributed by atoms with E-state index in [1.165, 1.54) is 24.3 Å². The van der Waals surface area contributed by atoms with Crippen LogP contribution in [0.25, 0.3) is 0 Å². The van der Waals surface area contributed by atoms with Crippen molar-refractivity contribution in [2.75, 3.05) is 23.3 Å². The van der Waals surface area contributed by atoms with Crippen LogP contribution in [-0.4, -0.2) is 37.3 Å². The van der Waals surface area contributed by atoms with Crippen molar-refractivity contribution in [2.45, 2.75) is 31.2 Å². The van der Waals surface area contributed by atoms with Gasteiger partial charge in [0.15, 0.2) is 11.5 Å². The van der Waals surface area contributed by atoms with Crippen LogP contribution in [0.3, 0.4) is 0 Å². The fourth-order valence-electron chi connectivity index (χ4n) is 3.23. The molecule has 0 saturated carbocycles. The van der Waals surface area contributed by atoms with Crippen molar-refractivity contribution in [3.05, 3.63) is 60.3 Å². The number of aromatic nitrogens is 2. The van der Waals surface area contributed by atoms with Gasteiger partial charge in [0.05, 0.1) is 24.3 Å². The zero-order chi connectivity index (χ0) is 22.7. The first-order valence-electron chi connectivity index (χ1n) is 10.2. The molecule has 2 aromatic carbocycles. The molecule has 0 unspecified atom stereocenters. The second-order valence-electron chi connectivity index (χ2n) is 7.55. The summed E-state index contributed by atoms with van der Waals surface area (Å²) in [5, 5.41) is 7.00. The number of amides is 1. The Labute approximate surface area is 186 Å². The molecule has 9 nitrogen and oxygen atoms in total. The van der Waals surface area contributed by atoms with Gasteiger partial charge in [-0.25, -0.2) is 13.1 Å². The van der Waals surface area contributed by atoms with Crippen LogP contribution < -0.4 is 19.5 Å². The molecule has 0 radical (unpaired) electrons. The maximum absolute atomic E-state index is 12.8. The number of hydrogen-bond donors (Lipinski definition) is 2. The van der Waals surface area contributed by atoms with Gasteiger partial charge in [-0.15, -0.1) is 0 Å². The molecule has 1 aromatic heterocycles. The van der Waals surface area contributed by atoms with Gasteiger partial charge in [0, 0.05) is 35.8 Å². The Morgan fingerprint density at radius 2 is 1.75 bits per heavy atom. The third-order valence-corrected chi connectivity index (χ3v) is 6.21. The molecule has 0 fully saturated rings. The number of rotatable bonds is 6. The van der Waals surface area contributed by atoms with E-state index in [0.29, 0.717) is 41.8 Å². The van der Waals surface area contributed by atoms with Crippen LogP contribution in [0.1, 0.15) is 36.7 Å². The molecule has 4 rings (SSSR count). The monoisotopic (exact) mass is 456 g/mol. The number of ether oxygens (including phenoxy) is 2. The number of nitrogens with one attached hydrogen (secondary N) is 2. The largest absolute Gasteiger partial charge is 0.490 e. The summed E-state index contributed by atoms with van der Waals surface area (Å²) in [4.78, 5) is 12.6. The highest BCUT2D eigenvalue weighted by Crippen LogP contribution is 2.32.